The van der Waals surface area contributed by atoms with Crippen LogP contribution in [-0.2, 0) is 4.79 Å². The maximum absolute atomic E-state index is 13.5. The molecule has 1 fully saturated rings. The van der Waals surface area contributed by atoms with E-state index < -0.39 is 23.1 Å². The molecule has 1 aromatic carbocycles. The van der Waals surface area contributed by atoms with Crippen molar-refractivity contribution in [3.05, 3.63) is 34.6 Å². The number of carbonyl (C=O) groups excluding carboxylic acids is 1. The second kappa shape index (κ2) is 5.79. The Bertz CT molecular complexity index is 541. The zero-order valence-corrected chi connectivity index (χ0v) is 11.5. The van der Waals surface area contributed by atoms with Crippen molar-refractivity contribution in [2.24, 2.45) is 5.41 Å². The molecule has 2 N–H and O–H groups in total. The summed E-state index contributed by atoms with van der Waals surface area (Å²) < 4.78 is 13.5. The Kier molecular flexibility index (Phi) is 4.28. The molecule has 0 atom stereocenters. The Morgan fingerprint density at radius 3 is 2.60 bits per heavy atom. The molecule has 1 amide bonds. The van der Waals surface area contributed by atoms with Crippen LogP contribution >= 0.6 is 11.6 Å². The van der Waals surface area contributed by atoms with E-state index in [0.717, 1.165) is 18.9 Å². The normalized spacial score (nSPS) is 16.9. The molecule has 1 saturated carbocycles. The Morgan fingerprint density at radius 1 is 1.35 bits per heavy atom. The molecule has 0 aromatic heterocycles. The number of carbonyl (C=O) groups is 2. The van der Waals surface area contributed by atoms with Crippen molar-refractivity contribution < 1.29 is 19.1 Å². The molecule has 6 heteroatoms. The first-order chi connectivity index (χ1) is 9.44. The standard InChI is InChI=1S/C14H15ClFNO3/c15-9-3-4-11(16)10(7-9)12(18)17-8-14(13(19)20)5-1-2-6-14/h3-4,7H,1-2,5-6,8H2,(H,17,18)(H,19,20). The van der Waals surface area contributed by atoms with Gasteiger partial charge in [-0.05, 0) is 31.0 Å². The molecule has 4 nitrogen and oxygen atoms in total. The van der Waals surface area contributed by atoms with E-state index in [0.29, 0.717) is 12.8 Å². The number of amides is 1. The molecule has 0 heterocycles. The summed E-state index contributed by atoms with van der Waals surface area (Å²) in [6.45, 7) is 0.00706. The lowest BCUT2D eigenvalue weighted by Crippen LogP contribution is -2.41. The van der Waals surface area contributed by atoms with Crippen LogP contribution in [0.5, 0.6) is 0 Å². The molecule has 2 rings (SSSR count). The van der Waals surface area contributed by atoms with Crippen LogP contribution < -0.4 is 5.32 Å². The maximum Gasteiger partial charge on any atom is 0.311 e. The van der Waals surface area contributed by atoms with Crippen LogP contribution in [0.15, 0.2) is 18.2 Å². The lowest BCUT2D eigenvalue weighted by Gasteiger charge is -2.24. The highest BCUT2D eigenvalue weighted by Gasteiger charge is 2.41. The fourth-order valence-corrected chi connectivity index (χ4v) is 2.71. The highest BCUT2D eigenvalue weighted by molar-refractivity contribution is 6.31. The molecule has 0 saturated heterocycles. The van der Waals surface area contributed by atoms with Crippen molar-refractivity contribution in [2.45, 2.75) is 25.7 Å². The van der Waals surface area contributed by atoms with Gasteiger partial charge in [-0.2, -0.15) is 0 Å². The number of carboxylic acid groups (broad SMARTS) is 1. The summed E-state index contributed by atoms with van der Waals surface area (Å²) >= 11 is 5.73. The predicted molar refractivity (Wildman–Crippen MR) is 72.3 cm³/mol. The number of carboxylic acids is 1. The van der Waals surface area contributed by atoms with Crippen LogP contribution in [-0.4, -0.2) is 23.5 Å². The first kappa shape index (κ1) is 14.8. The smallest absolute Gasteiger partial charge is 0.311 e. The first-order valence-corrected chi connectivity index (χ1v) is 6.79. The van der Waals surface area contributed by atoms with Gasteiger partial charge < -0.3 is 10.4 Å². The summed E-state index contributed by atoms with van der Waals surface area (Å²) in [6.07, 6.45) is 2.71. The van der Waals surface area contributed by atoms with Crippen molar-refractivity contribution >= 4 is 23.5 Å². The molecular weight excluding hydrogens is 285 g/mol. The highest BCUT2D eigenvalue weighted by atomic mass is 35.5. The van der Waals surface area contributed by atoms with Crippen molar-refractivity contribution in [3.8, 4) is 0 Å². The summed E-state index contributed by atoms with van der Waals surface area (Å²) in [5.41, 5.74) is -1.10. The molecular formula is C14H15ClFNO3. The molecule has 108 valence electrons. The summed E-state index contributed by atoms with van der Waals surface area (Å²) in [5, 5.41) is 12.1. The number of halogens is 2. The van der Waals surface area contributed by atoms with E-state index in [-0.39, 0.29) is 17.1 Å². The Hall–Kier alpha value is -1.62. The molecule has 0 aliphatic heterocycles. The minimum Gasteiger partial charge on any atom is -0.481 e. The third-order valence-electron chi connectivity index (χ3n) is 3.77. The minimum absolute atomic E-state index is 0.00706. The Morgan fingerprint density at radius 2 is 2.00 bits per heavy atom. The maximum atomic E-state index is 13.5. The number of aliphatic carboxylic acids is 1. The van der Waals surface area contributed by atoms with Crippen LogP contribution in [0.3, 0.4) is 0 Å². The van der Waals surface area contributed by atoms with E-state index in [1.165, 1.54) is 12.1 Å². The topological polar surface area (TPSA) is 66.4 Å². The van der Waals surface area contributed by atoms with Gasteiger partial charge in [-0.15, -0.1) is 0 Å². The SMILES string of the molecule is O=C(NCC1(C(=O)O)CCCC1)c1cc(Cl)ccc1F. The van der Waals surface area contributed by atoms with Crippen LogP contribution in [0.4, 0.5) is 4.39 Å². The fourth-order valence-electron chi connectivity index (χ4n) is 2.53. The quantitative estimate of drug-likeness (QED) is 0.898. The van der Waals surface area contributed by atoms with Gasteiger partial charge in [0.15, 0.2) is 0 Å². The van der Waals surface area contributed by atoms with Gasteiger partial charge in [-0.3, -0.25) is 9.59 Å². The first-order valence-electron chi connectivity index (χ1n) is 6.41. The zero-order valence-electron chi connectivity index (χ0n) is 10.8. The molecule has 0 radical (unpaired) electrons. The molecule has 0 unspecified atom stereocenters. The summed E-state index contributed by atoms with van der Waals surface area (Å²) in [4.78, 5) is 23.3. The second-order valence-electron chi connectivity index (χ2n) is 5.10. The number of rotatable bonds is 4. The van der Waals surface area contributed by atoms with Gasteiger partial charge in [0, 0.05) is 11.6 Å². The van der Waals surface area contributed by atoms with Gasteiger partial charge >= 0.3 is 5.97 Å². The monoisotopic (exact) mass is 299 g/mol. The van der Waals surface area contributed by atoms with E-state index in [4.69, 9.17) is 11.6 Å². The van der Waals surface area contributed by atoms with Crippen molar-refractivity contribution in [3.63, 3.8) is 0 Å². The largest absolute Gasteiger partial charge is 0.481 e. The van der Waals surface area contributed by atoms with E-state index >= 15 is 0 Å². The molecule has 1 aromatic rings. The van der Waals surface area contributed by atoms with Crippen LogP contribution in [0.1, 0.15) is 36.0 Å². The number of hydrogen-bond donors (Lipinski definition) is 2. The van der Waals surface area contributed by atoms with Gasteiger partial charge in [-0.25, -0.2) is 4.39 Å². The average Bonchev–Trinajstić information content (AvgIpc) is 2.89. The van der Waals surface area contributed by atoms with Crippen LogP contribution in [0.2, 0.25) is 5.02 Å². The molecule has 1 aliphatic carbocycles. The predicted octanol–water partition coefficient (Wildman–Crippen LogP) is 2.85. The van der Waals surface area contributed by atoms with Crippen molar-refractivity contribution in [1.82, 2.24) is 5.32 Å². The van der Waals surface area contributed by atoms with Crippen LogP contribution in [0.25, 0.3) is 0 Å². The second-order valence-corrected chi connectivity index (χ2v) is 5.54. The average molecular weight is 300 g/mol. The number of hydrogen-bond acceptors (Lipinski definition) is 2. The van der Waals surface area contributed by atoms with E-state index in [1.807, 2.05) is 0 Å². The van der Waals surface area contributed by atoms with Gasteiger partial charge in [0.1, 0.15) is 5.82 Å². The fraction of sp³-hybridized carbons (Fsp3) is 0.429. The molecule has 1 aliphatic rings. The zero-order chi connectivity index (χ0) is 14.8. The van der Waals surface area contributed by atoms with E-state index in [1.54, 1.807) is 0 Å². The van der Waals surface area contributed by atoms with E-state index in [2.05, 4.69) is 5.32 Å². The van der Waals surface area contributed by atoms with Crippen LogP contribution in [0, 0.1) is 11.2 Å². The van der Waals surface area contributed by atoms with Gasteiger partial charge in [-0.1, -0.05) is 24.4 Å². The Balaban J connectivity index is 2.08. The van der Waals surface area contributed by atoms with Gasteiger partial charge in [0.05, 0.1) is 11.0 Å². The lowest BCUT2D eigenvalue weighted by atomic mass is 9.86. The Labute approximate surface area is 120 Å². The van der Waals surface area contributed by atoms with Crippen molar-refractivity contribution in [1.29, 1.82) is 0 Å². The minimum atomic E-state index is -0.926. The summed E-state index contributed by atoms with van der Waals surface area (Å²) in [6, 6.07) is 3.69. The third kappa shape index (κ3) is 2.93. The van der Waals surface area contributed by atoms with E-state index in [9.17, 15) is 19.1 Å². The number of nitrogens with one attached hydrogen (secondary N) is 1. The summed E-state index contributed by atoms with van der Waals surface area (Å²) in [7, 11) is 0. The summed E-state index contributed by atoms with van der Waals surface area (Å²) in [5.74, 6) is -2.23. The molecule has 20 heavy (non-hydrogen) atoms. The third-order valence-corrected chi connectivity index (χ3v) is 4.01. The van der Waals surface area contributed by atoms with Crippen molar-refractivity contribution in [2.75, 3.05) is 6.54 Å². The number of benzene rings is 1. The highest BCUT2D eigenvalue weighted by Crippen LogP contribution is 2.37. The molecule has 0 bridgehead atoms. The molecule has 0 spiro atoms. The van der Waals surface area contributed by atoms with Gasteiger partial charge in [0.2, 0.25) is 0 Å². The van der Waals surface area contributed by atoms with Gasteiger partial charge in [0.25, 0.3) is 5.91 Å². The lowest BCUT2D eigenvalue weighted by molar-refractivity contribution is -0.148.